The van der Waals surface area contributed by atoms with E-state index in [2.05, 4.69) is 5.43 Å². The molecule has 1 amide bonds. The van der Waals surface area contributed by atoms with Gasteiger partial charge in [-0.3, -0.25) is 10.2 Å². The third-order valence-electron chi connectivity index (χ3n) is 1.80. The van der Waals surface area contributed by atoms with E-state index in [0.717, 1.165) is 13.1 Å². The van der Waals surface area contributed by atoms with Gasteiger partial charge in [0.25, 0.3) is 0 Å². The number of hydrogen-bond acceptors (Lipinski definition) is 3. The molecule has 0 aliphatic carbocycles. The van der Waals surface area contributed by atoms with Crippen molar-refractivity contribution in [2.24, 2.45) is 5.92 Å². The van der Waals surface area contributed by atoms with Gasteiger partial charge in [0.2, 0.25) is 5.91 Å². The second-order valence-corrected chi connectivity index (χ2v) is 3.23. The summed E-state index contributed by atoms with van der Waals surface area (Å²) >= 11 is 0. The molecule has 72 valence electrons. The third kappa shape index (κ3) is 2.79. The average molecular weight is 174 g/mol. The van der Waals surface area contributed by atoms with Gasteiger partial charge in [-0.1, -0.05) is 13.8 Å². The number of ether oxygens (including phenoxy) is 1. The summed E-state index contributed by atoms with van der Waals surface area (Å²) in [5.74, 6) is 0.129. The van der Waals surface area contributed by atoms with E-state index in [1.54, 1.807) is 0 Å². The van der Waals surface area contributed by atoms with E-state index in [4.69, 9.17) is 4.74 Å². The summed E-state index contributed by atoms with van der Waals surface area (Å²) in [6.07, 6.45) is 0. The van der Waals surface area contributed by atoms with Crippen LogP contribution in [0.3, 0.4) is 0 Å². The highest BCUT2D eigenvalue weighted by Gasteiger charge is 2.14. The maximum Gasteiger partial charge on any atom is 0.236 e. The number of hydrazine groups is 1. The number of hydrogen-bond donors (Lipinski definition) is 1. The first kappa shape index (κ1) is 9.48. The fourth-order valence-electron chi connectivity index (χ4n) is 0.960. The maximum atomic E-state index is 11.2. The number of rotatable bonds is 2. The van der Waals surface area contributed by atoms with Gasteiger partial charge >= 0.3 is 0 Å². The molecule has 0 atom stereocenters. The van der Waals surface area contributed by atoms with Crippen molar-refractivity contribution in [3.8, 4) is 0 Å². The lowest BCUT2D eigenvalue weighted by Gasteiger charge is -2.27. The summed E-state index contributed by atoms with van der Waals surface area (Å²) in [5, 5.41) is 1.91. The van der Waals surface area contributed by atoms with Crippen LogP contribution in [-0.2, 0) is 9.53 Å². The molecule has 1 N–H and O–H groups in total. The predicted molar refractivity (Wildman–Crippen MR) is 47.5 cm³/mol. The minimum absolute atomic E-state index is 0. The van der Waals surface area contributed by atoms with Gasteiger partial charge in [0.15, 0.2) is 0 Å². The van der Waals surface area contributed by atoms with E-state index in [1.807, 2.05) is 18.9 Å². The Balaban J connectivity index is 0.00000144. The predicted octanol–water partition coefficient (Wildman–Crippen LogP) is 0.252. The van der Waals surface area contributed by atoms with Crippen LogP contribution < -0.4 is 5.43 Å². The zero-order valence-corrected chi connectivity index (χ0v) is 7.67. The Morgan fingerprint density at radius 3 is 2.58 bits per heavy atom. The molecule has 1 fully saturated rings. The van der Waals surface area contributed by atoms with Crippen molar-refractivity contribution >= 4 is 5.91 Å². The van der Waals surface area contributed by atoms with Gasteiger partial charge < -0.3 is 4.74 Å². The van der Waals surface area contributed by atoms with E-state index in [9.17, 15) is 4.79 Å². The summed E-state index contributed by atoms with van der Waals surface area (Å²) in [7, 11) is 0. The van der Waals surface area contributed by atoms with Gasteiger partial charge in [-0.25, -0.2) is 5.01 Å². The van der Waals surface area contributed by atoms with Crippen LogP contribution in [0.1, 0.15) is 15.3 Å². The van der Waals surface area contributed by atoms with Crippen LogP contribution in [0.4, 0.5) is 0 Å². The molecule has 1 saturated heterocycles. The number of carbonyl (C=O) groups is 1. The second-order valence-electron chi connectivity index (χ2n) is 3.23. The van der Waals surface area contributed by atoms with Crippen LogP contribution in [0.5, 0.6) is 0 Å². The zero-order valence-electron chi connectivity index (χ0n) is 7.67. The minimum atomic E-state index is 0. The van der Waals surface area contributed by atoms with Crippen molar-refractivity contribution in [2.75, 3.05) is 26.3 Å². The first-order chi connectivity index (χ1) is 5.70. The van der Waals surface area contributed by atoms with Crippen LogP contribution in [0.25, 0.3) is 0 Å². The van der Waals surface area contributed by atoms with Crippen LogP contribution in [0.2, 0.25) is 0 Å². The Labute approximate surface area is 74.3 Å². The topological polar surface area (TPSA) is 41.6 Å². The van der Waals surface area contributed by atoms with Crippen molar-refractivity contribution in [2.45, 2.75) is 13.8 Å². The Morgan fingerprint density at radius 2 is 2.08 bits per heavy atom. The summed E-state index contributed by atoms with van der Waals surface area (Å²) < 4.78 is 5.15. The molecule has 1 aliphatic rings. The SMILES string of the molecule is CC(C)C(=O)NN1CCOCC1.[HH]. The molecule has 12 heavy (non-hydrogen) atoms. The van der Waals surface area contributed by atoms with Gasteiger partial charge in [-0.05, 0) is 0 Å². The fraction of sp³-hybridized carbons (Fsp3) is 0.875. The smallest absolute Gasteiger partial charge is 0.236 e. The Morgan fingerprint density at radius 1 is 1.50 bits per heavy atom. The van der Waals surface area contributed by atoms with Gasteiger partial charge in [-0.15, -0.1) is 0 Å². The highest BCUT2D eigenvalue weighted by molar-refractivity contribution is 5.77. The first-order valence-corrected chi connectivity index (χ1v) is 4.33. The first-order valence-electron chi connectivity index (χ1n) is 4.33. The largest absolute Gasteiger partial charge is 0.379 e. The van der Waals surface area contributed by atoms with E-state index in [1.165, 1.54) is 0 Å². The lowest BCUT2D eigenvalue weighted by molar-refractivity contribution is -0.131. The van der Waals surface area contributed by atoms with E-state index < -0.39 is 0 Å². The highest BCUT2D eigenvalue weighted by Crippen LogP contribution is 1.96. The fourth-order valence-corrected chi connectivity index (χ4v) is 0.960. The van der Waals surface area contributed by atoms with Crippen molar-refractivity contribution in [3.05, 3.63) is 0 Å². The molecule has 0 aromatic carbocycles. The highest BCUT2D eigenvalue weighted by atomic mass is 16.5. The van der Waals surface area contributed by atoms with Gasteiger partial charge in [0, 0.05) is 20.4 Å². The normalized spacial score (nSPS) is 19.6. The number of carbonyl (C=O) groups excluding carboxylic acids is 1. The molecule has 0 spiro atoms. The molecule has 1 aliphatic heterocycles. The van der Waals surface area contributed by atoms with E-state index >= 15 is 0 Å². The van der Waals surface area contributed by atoms with E-state index in [0.29, 0.717) is 13.2 Å². The Bertz CT molecular complexity index is 158. The third-order valence-corrected chi connectivity index (χ3v) is 1.80. The average Bonchev–Trinajstić information content (AvgIpc) is 2.06. The van der Waals surface area contributed by atoms with Crippen LogP contribution >= 0.6 is 0 Å². The molecule has 0 aromatic rings. The molecule has 0 bridgehead atoms. The molecular weight excluding hydrogens is 156 g/mol. The molecule has 0 aromatic heterocycles. The van der Waals surface area contributed by atoms with E-state index in [-0.39, 0.29) is 13.3 Å². The van der Waals surface area contributed by atoms with Crippen LogP contribution in [0.15, 0.2) is 0 Å². The summed E-state index contributed by atoms with van der Waals surface area (Å²) in [4.78, 5) is 11.2. The number of amides is 1. The standard InChI is InChI=1S/C8H16N2O2.H2/c1-7(2)8(11)9-10-3-5-12-6-4-10;/h7H,3-6H2,1-2H3,(H,9,11);1H. The van der Waals surface area contributed by atoms with Crippen molar-refractivity contribution in [3.63, 3.8) is 0 Å². The van der Waals surface area contributed by atoms with Gasteiger partial charge in [0.05, 0.1) is 13.2 Å². The number of nitrogens with zero attached hydrogens (tertiary/aromatic N) is 1. The summed E-state index contributed by atoms with van der Waals surface area (Å²) in [6, 6.07) is 0. The Kier molecular flexibility index (Phi) is 3.49. The molecule has 0 radical (unpaired) electrons. The lowest BCUT2D eigenvalue weighted by Crippen LogP contribution is -2.49. The van der Waals surface area contributed by atoms with Crippen molar-refractivity contribution < 1.29 is 11.0 Å². The van der Waals surface area contributed by atoms with Crippen LogP contribution in [-0.4, -0.2) is 37.2 Å². The summed E-state index contributed by atoms with van der Waals surface area (Å²) in [5.41, 5.74) is 2.83. The minimum Gasteiger partial charge on any atom is -0.379 e. The van der Waals surface area contributed by atoms with Gasteiger partial charge in [0.1, 0.15) is 0 Å². The second kappa shape index (κ2) is 4.42. The number of nitrogens with one attached hydrogen (secondary N) is 1. The molecule has 4 heteroatoms. The quantitative estimate of drug-likeness (QED) is 0.652. The number of morpholine rings is 1. The monoisotopic (exact) mass is 174 g/mol. The van der Waals surface area contributed by atoms with Crippen LogP contribution in [0, 0.1) is 5.92 Å². The molecular formula is C8H18N2O2. The molecule has 1 rings (SSSR count). The van der Waals surface area contributed by atoms with Gasteiger partial charge in [-0.2, -0.15) is 0 Å². The molecule has 4 nitrogen and oxygen atoms in total. The lowest BCUT2D eigenvalue weighted by atomic mass is 10.2. The van der Waals surface area contributed by atoms with Crippen molar-refractivity contribution in [1.82, 2.24) is 10.4 Å². The molecule has 0 unspecified atom stereocenters. The molecule has 0 saturated carbocycles. The maximum absolute atomic E-state index is 11.2. The zero-order chi connectivity index (χ0) is 8.97. The van der Waals surface area contributed by atoms with Crippen molar-refractivity contribution in [1.29, 1.82) is 0 Å². The molecule has 1 heterocycles. The Hall–Kier alpha value is -0.610. The summed E-state index contributed by atoms with van der Waals surface area (Å²) in [6.45, 7) is 6.76.